The second-order valence-electron chi connectivity index (χ2n) is 6.31. The number of hydrogen-bond donors (Lipinski definition) is 2. The molecular weight excluding hydrogens is 462 g/mol. The molecule has 2 N–H and O–H groups in total. The fourth-order valence-corrected chi connectivity index (χ4v) is 2.82. The first-order valence-corrected chi connectivity index (χ1v) is 10.1. The molecule has 1 amide bonds. The van der Waals surface area contributed by atoms with Crippen LogP contribution in [0.4, 0.5) is 5.69 Å². The van der Waals surface area contributed by atoms with Gasteiger partial charge in [0.1, 0.15) is 11.5 Å². The van der Waals surface area contributed by atoms with Crippen LogP contribution in [0.3, 0.4) is 0 Å². The monoisotopic (exact) mass is 481 g/mol. The number of anilines is 1. The van der Waals surface area contributed by atoms with Crippen molar-refractivity contribution >= 4 is 39.7 Å². The van der Waals surface area contributed by atoms with E-state index in [-0.39, 0.29) is 12.5 Å². The zero-order valence-electron chi connectivity index (χ0n) is 16.7. The lowest BCUT2D eigenvalue weighted by molar-refractivity contribution is -0.119. The van der Waals surface area contributed by atoms with Gasteiger partial charge in [-0.2, -0.15) is 5.10 Å². The summed E-state index contributed by atoms with van der Waals surface area (Å²) >= 11 is 3.32. The van der Waals surface area contributed by atoms with Crippen LogP contribution >= 0.6 is 15.9 Å². The highest BCUT2D eigenvalue weighted by Crippen LogP contribution is 2.22. The Hall–Kier alpha value is -3.65. The van der Waals surface area contributed by atoms with Gasteiger partial charge < -0.3 is 14.8 Å². The van der Waals surface area contributed by atoms with E-state index in [1.54, 1.807) is 61.7 Å². The lowest BCUT2D eigenvalue weighted by Crippen LogP contribution is -2.26. The number of nitrogens with zero attached hydrogens (tertiary/aromatic N) is 1. The second kappa shape index (κ2) is 10.9. The first-order valence-electron chi connectivity index (χ1n) is 9.32. The third-order valence-electron chi connectivity index (χ3n) is 4.12. The van der Waals surface area contributed by atoms with Gasteiger partial charge in [-0.15, -0.1) is 0 Å². The van der Waals surface area contributed by atoms with E-state index in [1.807, 2.05) is 18.2 Å². The summed E-state index contributed by atoms with van der Waals surface area (Å²) in [4.78, 5) is 24.1. The Morgan fingerprint density at radius 1 is 1.00 bits per heavy atom. The van der Waals surface area contributed by atoms with Crippen LogP contribution in [0.15, 0.2) is 82.4 Å². The van der Waals surface area contributed by atoms with E-state index < -0.39 is 5.97 Å². The number of carbonyl (C=O) groups is 2. The molecule has 7 nitrogen and oxygen atoms in total. The Labute approximate surface area is 188 Å². The minimum Gasteiger partial charge on any atom is -0.495 e. The number of amides is 1. The fourth-order valence-electron chi connectivity index (χ4n) is 2.56. The highest BCUT2D eigenvalue weighted by Gasteiger charge is 2.08. The van der Waals surface area contributed by atoms with E-state index in [4.69, 9.17) is 9.47 Å². The Balaban J connectivity index is 1.47. The van der Waals surface area contributed by atoms with Gasteiger partial charge >= 0.3 is 5.97 Å². The number of benzene rings is 3. The number of methoxy groups -OCH3 is 1. The molecule has 0 aliphatic heterocycles. The van der Waals surface area contributed by atoms with Gasteiger partial charge in [-0.3, -0.25) is 4.79 Å². The normalized spacial score (nSPS) is 10.5. The first-order chi connectivity index (χ1) is 15.0. The van der Waals surface area contributed by atoms with Crippen LogP contribution in [0.25, 0.3) is 0 Å². The predicted octanol–water partition coefficient (Wildman–Crippen LogP) is 4.24. The van der Waals surface area contributed by atoms with Crippen LogP contribution in [0.1, 0.15) is 15.9 Å². The number of hydrogen-bond acceptors (Lipinski definition) is 6. The molecule has 0 bridgehead atoms. The Kier molecular flexibility index (Phi) is 7.78. The minimum atomic E-state index is -0.441. The summed E-state index contributed by atoms with van der Waals surface area (Å²) in [6.45, 7) is 0.0443. The number of ether oxygens (including phenoxy) is 2. The maximum atomic E-state index is 12.1. The van der Waals surface area contributed by atoms with Crippen molar-refractivity contribution in [1.29, 1.82) is 0 Å². The van der Waals surface area contributed by atoms with Crippen LogP contribution in [0, 0.1) is 0 Å². The van der Waals surface area contributed by atoms with Crippen molar-refractivity contribution in [2.45, 2.75) is 0 Å². The van der Waals surface area contributed by atoms with Gasteiger partial charge in [0, 0.05) is 4.47 Å². The van der Waals surface area contributed by atoms with Crippen molar-refractivity contribution in [3.8, 4) is 11.5 Å². The molecule has 0 heterocycles. The number of halogens is 1. The molecule has 3 rings (SSSR count). The molecule has 0 aliphatic rings. The molecular formula is C23H20BrN3O4. The lowest BCUT2D eigenvalue weighted by atomic mass is 10.2. The third-order valence-corrected chi connectivity index (χ3v) is 4.65. The first kappa shape index (κ1) is 22.0. The topological polar surface area (TPSA) is 89.0 Å². The van der Waals surface area contributed by atoms with Crippen LogP contribution in [-0.2, 0) is 4.79 Å². The van der Waals surface area contributed by atoms with Crippen LogP contribution in [0.2, 0.25) is 0 Å². The number of esters is 1. The molecule has 3 aromatic rings. The van der Waals surface area contributed by atoms with Gasteiger partial charge in [-0.1, -0.05) is 28.1 Å². The van der Waals surface area contributed by atoms with E-state index in [0.29, 0.717) is 17.1 Å². The predicted molar refractivity (Wildman–Crippen MR) is 123 cm³/mol. The number of carbonyl (C=O) groups excluding carboxylic acids is 2. The van der Waals surface area contributed by atoms with Crippen molar-refractivity contribution in [2.75, 3.05) is 19.0 Å². The van der Waals surface area contributed by atoms with Gasteiger partial charge in [0.15, 0.2) is 0 Å². The van der Waals surface area contributed by atoms with Gasteiger partial charge in [0.05, 0.1) is 31.1 Å². The van der Waals surface area contributed by atoms with E-state index in [2.05, 4.69) is 31.8 Å². The Bertz CT molecular complexity index is 1070. The molecule has 0 saturated carbocycles. The SMILES string of the molecule is COc1ccccc1NCC(=O)N/N=C/c1ccc(OC(=O)c2ccc(Br)cc2)cc1. The summed E-state index contributed by atoms with van der Waals surface area (Å²) in [5, 5.41) is 6.93. The molecule has 0 unspecified atom stereocenters. The highest BCUT2D eigenvalue weighted by atomic mass is 79.9. The van der Waals surface area contributed by atoms with Crippen molar-refractivity contribution in [3.63, 3.8) is 0 Å². The summed E-state index contributed by atoms with van der Waals surface area (Å²) in [5.41, 5.74) is 4.36. The average molecular weight is 482 g/mol. The molecule has 0 atom stereocenters. The standard InChI is InChI=1S/C23H20BrN3O4/c1-30-21-5-3-2-4-20(21)25-15-22(28)27-26-14-16-6-12-19(13-7-16)31-23(29)17-8-10-18(24)11-9-17/h2-14,25H,15H2,1H3,(H,27,28)/b26-14+. The van der Waals surface area contributed by atoms with Crippen molar-refractivity contribution in [1.82, 2.24) is 5.43 Å². The second-order valence-corrected chi connectivity index (χ2v) is 7.23. The molecule has 158 valence electrons. The molecule has 0 fully saturated rings. The van der Waals surface area contributed by atoms with E-state index in [1.165, 1.54) is 6.21 Å². The summed E-state index contributed by atoms with van der Waals surface area (Å²) in [6.07, 6.45) is 1.50. The van der Waals surface area contributed by atoms with Gasteiger partial charge in [0.25, 0.3) is 5.91 Å². The number of hydrazone groups is 1. The molecule has 0 saturated heterocycles. The average Bonchev–Trinajstić information content (AvgIpc) is 2.79. The van der Waals surface area contributed by atoms with Gasteiger partial charge in [0.2, 0.25) is 0 Å². The zero-order chi connectivity index (χ0) is 22.1. The van der Waals surface area contributed by atoms with Crippen molar-refractivity contribution < 1.29 is 19.1 Å². The molecule has 8 heteroatoms. The summed E-state index contributed by atoms with van der Waals surface area (Å²) < 4.78 is 11.5. The molecule has 0 spiro atoms. The van der Waals surface area contributed by atoms with E-state index >= 15 is 0 Å². The maximum Gasteiger partial charge on any atom is 0.343 e. The maximum absolute atomic E-state index is 12.1. The smallest absolute Gasteiger partial charge is 0.343 e. The van der Waals surface area contributed by atoms with Crippen molar-refractivity contribution in [3.05, 3.63) is 88.4 Å². The summed E-state index contributed by atoms with van der Waals surface area (Å²) in [7, 11) is 1.57. The van der Waals surface area contributed by atoms with Crippen LogP contribution < -0.4 is 20.2 Å². The Morgan fingerprint density at radius 3 is 2.42 bits per heavy atom. The van der Waals surface area contributed by atoms with Crippen LogP contribution in [-0.4, -0.2) is 31.7 Å². The summed E-state index contributed by atoms with van der Waals surface area (Å²) in [6, 6.07) is 21.0. The third kappa shape index (κ3) is 6.68. The highest BCUT2D eigenvalue weighted by molar-refractivity contribution is 9.10. The number of nitrogens with one attached hydrogen (secondary N) is 2. The van der Waals surface area contributed by atoms with Crippen molar-refractivity contribution in [2.24, 2.45) is 5.10 Å². The number of para-hydroxylation sites is 2. The fraction of sp³-hybridized carbons (Fsp3) is 0.0870. The largest absolute Gasteiger partial charge is 0.495 e. The lowest BCUT2D eigenvalue weighted by Gasteiger charge is -2.09. The number of rotatable bonds is 8. The molecule has 3 aromatic carbocycles. The Morgan fingerprint density at radius 2 is 1.71 bits per heavy atom. The molecule has 0 radical (unpaired) electrons. The van der Waals surface area contributed by atoms with E-state index in [9.17, 15) is 9.59 Å². The molecule has 0 aromatic heterocycles. The van der Waals surface area contributed by atoms with Gasteiger partial charge in [-0.25, -0.2) is 10.2 Å². The molecule has 0 aliphatic carbocycles. The minimum absolute atomic E-state index is 0.0443. The van der Waals surface area contributed by atoms with E-state index in [0.717, 1.165) is 15.7 Å². The zero-order valence-corrected chi connectivity index (χ0v) is 18.3. The quantitative estimate of drug-likeness (QED) is 0.217. The molecule has 31 heavy (non-hydrogen) atoms. The summed E-state index contributed by atoms with van der Waals surface area (Å²) in [5.74, 6) is 0.320. The van der Waals surface area contributed by atoms with Gasteiger partial charge in [-0.05, 0) is 66.2 Å². The van der Waals surface area contributed by atoms with Crippen LogP contribution in [0.5, 0.6) is 11.5 Å².